The third-order valence-corrected chi connectivity index (χ3v) is 9.44. The number of sulfone groups is 1. The normalized spacial score (nSPS) is 27.3. The van der Waals surface area contributed by atoms with E-state index in [2.05, 4.69) is 10.3 Å². The topological polar surface area (TPSA) is 102 Å². The summed E-state index contributed by atoms with van der Waals surface area (Å²) in [7, 11) is -3.16. The highest BCUT2D eigenvalue weighted by molar-refractivity contribution is 7.91. The minimum atomic E-state index is -3.16. The molecule has 0 bridgehead atoms. The van der Waals surface area contributed by atoms with E-state index in [0.29, 0.717) is 16.7 Å². The lowest BCUT2D eigenvalue weighted by Crippen LogP contribution is -2.55. The van der Waals surface area contributed by atoms with Crippen molar-refractivity contribution in [3.63, 3.8) is 0 Å². The molecule has 3 aliphatic rings. The molecule has 2 aromatic heterocycles. The number of rotatable bonds is 6. The number of halogens is 1. The Morgan fingerprint density at radius 1 is 1.12 bits per heavy atom. The number of amides is 1. The average Bonchev–Trinajstić information content (AvgIpc) is 3.33. The second kappa shape index (κ2) is 7.09. The van der Waals surface area contributed by atoms with Gasteiger partial charge in [-0.2, -0.15) is 0 Å². The van der Waals surface area contributed by atoms with Crippen LogP contribution in [0.1, 0.15) is 66.6 Å². The second-order valence-electron chi connectivity index (χ2n) is 9.62. The van der Waals surface area contributed by atoms with Crippen LogP contribution >= 0.6 is 11.6 Å². The van der Waals surface area contributed by atoms with Gasteiger partial charge in [0, 0.05) is 17.0 Å². The van der Waals surface area contributed by atoms with Crippen LogP contribution in [0.2, 0.25) is 5.02 Å². The van der Waals surface area contributed by atoms with Crippen LogP contribution in [0.4, 0.5) is 0 Å². The van der Waals surface area contributed by atoms with Gasteiger partial charge in [0.05, 0.1) is 5.25 Å². The molecular weight excluding hydrogens is 452 g/mol. The molecule has 1 aromatic carbocycles. The Labute approximate surface area is 190 Å². The smallest absolute Gasteiger partial charge is 0.287 e. The minimum Gasteiger partial charge on any atom is -0.455 e. The van der Waals surface area contributed by atoms with Gasteiger partial charge in [0.1, 0.15) is 17.0 Å². The summed E-state index contributed by atoms with van der Waals surface area (Å²) >= 11 is 6.03. The molecule has 168 valence electrons. The molecule has 3 saturated carbocycles. The highest BCUT2D eigenvalue weighted by atomic mass is 35.5. The molecule has 7 nitrogen and oxygen atoms in total. The van der Waals surface area contributed by atoms with E-state index in [9.17, 15) is 13.2 Å². The lowest BCUT2D eigenvalue weighted by molar-refractivity contribution is -0.0256. The first-order chi connectivity index (χ1) is 15.3. The molecule has 1 spiro atoms. The zero-order valence-electron chi connectivity index (χ0n) is 17.3. The first kappa shape index (κ1) is 20.3. The Bertz CT molecular complexity index is 1310. The van der Waals surface area contributed by atoms with Crippen LogP contribution < -0.4 is 5.32 Å². The Kier molecular flexibility index (Phi) is 4.50. The molecule has 9 heteroatoms. The predicted octanol–water partition coefficient (Wildman–Crippen LogP) is 4.61. The molecule has 0 unspecified atom stereocenters. The van der Waals surface area contributed by atoms with Gasteiger partial charge in [0.25, 0.3) is 5.91 Å². The van der Waals surface area contributed by atoms with E-state index in [4.69, 9.17) is 20.4 Å². The number of furan rings is 1. The molecule has 3 aliphatic carbocycles. The van der Waals surface area contributed by atoms with Crippen molar-refractivity contribution in [3.05, 3.63) is 52.8 Å². The largest absolute Gasteiger partial charge is 0.455 e. The summed E-state index contributed by atoms with van der Waals surface area (Å²) in [6.45, 7) is 0. The Morgan fingerprint density at radius 3 is 2.66 bits per heavy atom. The Hall–Kier alpha value is -2.32. The lowest BCUT2D eigenvalue weighted by Gasteiger charge is -2.57. The molecule has 0 aliphatic heterocycles. The molecule has 1 amide bonds. The van der Waals surface area contributed by atoms with E-state index in [1.807, 2.05) is 12.1 Å². The van der Waals surface area contributed by atoms with Crippen molar-refractivity contribution in [1.29, 1.82) is 0 Å². The lowest BCUT2D eigenvalue weighted by atomic mass is 9.50. The first-order valence-electron chi connectivity index (χ1n) is 11.0. The summed E-state index contributed by atoms with van der Waals surface area (Å²) in [5.74, 6) is 1.15. The fourth-order valence-electron chi connectivity index (χ4n) is 5.25. The second-order valence-corrected chi connectivity index (χ2v) is 12.3. The molecule has 0 radical (unpaired) electrons. The molecule has 6 rings (SSSR count). The number of nitrogens with one attached hydrogen (secondary N) is 1. The Morgan fingerprint density at radius 2 is 1.91 bits per heavy atom. The molecule has 3 aromatic rings. The minimum absolute atomic E-state index is 0.106. The monoisotopic (exact) mass is 474 g/mol. The van der Waals surface area contributed by atoms with Crippen molar-refractivity contribution in [2.75, 3.05) is 0 Å². The van der Waals surface area contributed by atoms with Crippen LogP contribution in [0.15, 0.2) is 39.2 Å². The van der Waals surface area contributed by atoms with Crippen LogP contribution in [0.25, 0.3) is 11.1 Å². The Balaban J connectivity index is 1.01. The van der Waals surface area contributed by atoms with Gasteiger partial charge in [0.2, 0.25) is 0 Å². The summed E-state index contributed by atoms with van der Waals surface area (Å²) < 4.78 is 35.6. The summed E-state index contributed by atoms with van der Waals surface area (Å²) in [6.07, 6.45) is 5.30. The molecule has 0 saturated heterocycles. The number of oxazole rings is 1. The van der Waals surface area contributed by atoms with Crippen molar-refractivity contribution < 1.29 is 22.0 Å². The number of fused-ring (bicyclic) bond motifs is 1. The van der Waals surface area contributed by atoms with Crippen LogP contribution in [0.3, 0.4) is 0 Å². The summed E-state index contributed by atoms with van der Waals surface area (Å²) in [5.41, 5.74) is 1.79. The van der Waals surface area contributed by atoms with Crippen molar-refractivity contribution in [1.82, 2.24) is 10.3 Å². The summed E-state index contributed by atoms with van der Waals surface area (Å²) in [5, 5.41) is 3.42. The zero-order chi connectivity index (χ0) is 22.1. The maximum atomic E-state index is 12.5. The van der Waals surface area contributed by atoms with Gasteiger partial charge in [0.15, 0.2) is 27.1 Å². The summed E-state index contributed by atoms with van der Waals surface area (Å²) in [4.78, 5) is 17.1. The fraction of sp³-hybridized carbons (Fsp3) is 0.478. The third-order valence-electron chi connectivity index (χ3n) is 7.03. The van der Waals surface area contributed by atoms with Gasteiger partial charge >= 0.3 is 0 Å². The van der Waals surface area contributed by atoms with Gasteiger partial charge in [-0.25, -0.2) is 13.4 Å². The van der Waals surface area contributed by atoms with E-state index < -0.39 is 9.84 Å². The average molecular weight is 475 g/mol. The van der Waals surface area contributed by atoms with Crippen LogP contribution in [-0.2, 0) is 15.6 Å². The molecule has 0 atom stereocenters. The highest BCUT2D eigenvalue weighted by Gasteiger charge is 2.54. The number of aromatic nitrogens is 1. The zero-order valence-corrected chi connectivity index (χ0v) is 18.9. The van der Waals surface area contributed by atoms with Crippen LogP contribution in [-0.4, -0.2) is 30.6 Å². The first-order valence-corrected chi connectivity index (χ1v) is 13.1. The van der Waals surface area contributed by atoms with E-state index in [-0.39, 0.29) is 34.1 Å². The van der Waals surface area contributed by atoms with E-state index in [0.717, 1.165) is 55.5 Å². The van der Waals surface area contributed by atoms with Gasteiger partial charge in [-0.1, -0.05) is 11.6 Å². The molecule has 1 N–H and O–H groups in total. The van der Waals surface area contributed by atoms with Crippen LogP contribution in [0, 0.1) is 5.41 Å². The number of carbonyl (C=O) groups excluding carboxylic acids is 1. The maximum Gasteiger partial charge on any atom is 0.287 e. The molecule has 2 heterocycles. The van der Waals surface area contributed by atoms with Crippen molar-refractivity contribution in [2.45, 2.75) is 61.5 Å². The van der Waals surface area contributed by atoms with Crippen LogP contribution in [0.5, 0.6) is 0 Å². The SMILES string of the molecule is O=C(NC1CC2(C1)CC(c1nc3cc(Cl)ccc3o1)C2)c1ccc(CS(=O)(=O)C2CC2)o1. The van der Waals surface area contributed by atoms with E-state index in [1.54, 1.807) is 18.2 Å². The predicted molar refractivity (Wildman–Crippen MR) is 118 cm³/mol. The van der Waals surface area contributed by atoms with Crippen molar-refractivity contribution in [2.24, 2.45) is 5.41 Å². The number of benzene rings is 1. The molecular formula is C23H23ClN2O5S. The fourth-order valence-corrected chi connectivity index (χ4v) is 7.06. The number of hydrogen-bond donors (Lipinski definition) is 1. The molecule has 32 heavy (non-hydrogen) atoms. The standard InChI is InChI=1S/C23H23ClN2O5S/c24-14-1-5-19-18(7-14)26-22(31-19)13-8-23(9-13)10-15(11-23)25-21(27)20-6-2-16(30-20)12-32(28,29)17-3-4-17/h1-2,5-7,13,15,17H,3-4,8-12H2,(H,25,27). The van der Waals surface area contributed by atoms with Gasteiger partial charge in [-0.05, 0) is 74.3 Å². The van der Waals surface area contributed by atoms with Crippen molar-refractivity contribution in [3.8, 4) is 0 Å². The summed E-state index contributed by atoms with van der Waals surface area (Å²) in [6, 6.07) is 8.71. The van der Waals surface area contributed by atoms with E-state index >= 15 is 0 Å². The number of hydrogen-bond acceptors (Lipinski definition) is 6. The third kappa shape index (κ3) is 3.63. The van der Waals surface area contributed by atoms with E-state index in [1.165, 1.54) is 0 Å². The number of carbonyl (C=O) groups is 1. The quantitative estimate of drug-likeness (QED) is 0.559. The highest BCUT2D eigenvalue weighted by Crippen LogP contribution is 2.61. The number of nitrogens with zero attached hydrogens (tertiary/aromatic N) is 1. The molecule has 3 fully saturated rings. The van der Waals surface area contributed by atoms with Gasteiger partial charge in [-0.3, -0.25) is 4.79 Å². The van der Waals surface area contributed by atoms with Gasteiger partial charge in [-0.15, -0.1) is 0 Å². The van der Waals surface area contributed by atoms with Gasteiger partial charge < -0.3 is 14.2 Å². The maximum absolute atomic E-state index is 12.5. The van der Waals surface area contributed by atoms with Crippen molar-refractivity contribution >= 4 is 38.4 Å².